The lowest BCUT2D eigenvalue weighted by Gasteiger charge is -2.29. The molecule has 0 aromatic carbocycles. The van der Waals surface area contributed by atoms with Crippen LogP contribution in [-0.2, 0) is 4.74 Å². The van der Waals surface area contributed by atoms with Crippen LogP contribution in [0.25, 0.3) is 0 Å². The third-order valence-electron chi connectivity index (χ3n) is 3.24. The van der Waals surface area contributed by atoms with Crippen LogP contribution < -0.4 is 5.73 Å². The molecule has 1 aliphatic rings. The highest BCUT2D eigenvalue weighted by Crippen LogP contribution is 2.33. The molecule has 0 radical (unpaired) electrons. The summed E-state index contributed by atoms with van der Waals surface area (Å²) < 4.78 is 7.34. The Morgan fingerprint density at radius 1 is 1.41 bits per heavy atom. The molecular weight excluding hydrogens is 298 g/mol. The Labute approximate surface area is 116 Å². The van der Waals surface area contributed by atoms with Crippen molar-refractivity contribution in [2.75, 3.05) is 0 Å². The molecule has 0 bridgehead atoms. The summed E-state index contributed by atoms with van der Waals surface area (Å²) in [4.78, 5) is 1.23. The number of thiophene rings is 1. The van der Waals surface area contributed by atoms with Crippen molar-refractivity contribution in [3.8, 4) is 0 Å². The van der Waals surface area contributed by atoms with Gasteiger partial charge in [-0.15, -0.1) is 11.3 Å². The van der Waals surface area contributed by atoms with Crippen LogP contribution in [0.15, 0.2) is 15.9 Å². The Morgan fingerprint density at radius 2 is 2.12 bits per heavy atom. The lowest BCUT2D eigenvalue weighted by atomic mass is 9.97. The van der Waals surface area contributed by atoms with Gasteiger partial charge >= 0.3 is 0 Å². The van der Waals surface area contributed by atoms with Crippen molar-refractivity contribution in [1.29, 1.82) is 0 Å². The van der Waals surface area contributed by atoms with Gasteiger partial charge in [-0.1, -0.05) is 19.3 Å². The first-order chi connectivity index (χ1) is 8.16. The summed E-state index contributed by atoms with van der Waals surface area (Å²) >= 11 is 5.21. The molecular formula is C13H20BrNOS. The lowest BCUT2D eigenvalue weighted by molar-refractivity contribution is -0.0389. The standard InChI is InChI=1S/C13H20BrNOS/c1-9(15)13(12-7-10(14)8-17-12)16-11-5-3-2-4-6-11/h7-9,11,13H,2-6,15H2,1H3. The molecule has 17 heavy (non-hydrogen) atoms. The van der Waals surface area contributed by atoms with Gasteiger partial charge in [0.2, 0.25) is 0 Å². The minimum Gasteiger partial charge on any atom is -0.368 e. The molecule has 96 valence electrons. The van der Waals surface area contributed by atoms with E-state index in [2.05, 4.69) is 27.4 Å². The molecule has 0 aliphatic heterocycles. The summed E-state index contributed by atoms with van der Waals surface area (Å²) in [6.07, 6.45) is 6.78. The molecule has 2 unspecified atom stereocenters. The molecule has 1 saturated carbocycles. The molecule has 1 aliphatic carbocycles. The van der Waals surface area contributed by atoms with Gasteiger partial charge < -0.3 is 10.5 Å². The van der Waals surface area contributed by atoms with Gasteiger partial charge in [0, 0.05) is 20.8 Å². The molecule has 4 heteroatoms. The largest absolute Gasteiger partial charge is 0.368 e. The van der Waals surface area contributed by atoms with E-state index < -0.39 is 0 Å². The number of ether oxygens (including phenoxy) is 1. The minimum absolute atomic E-state index is 0.0440. The Morgan fingerprint density at radius 3 is 2.65 bits per heavy atom. The second kappa shape index (κ2) is 6.32. The van der Waals surface area contributed by atoms with E-state index >= 15 is 0 Å². The van der Waals surface area contributed by atoms with Crippen molar-refractivity contribution >= 4 is 27.3 Å². The van der Waals surface area contributed by atoms with Crippen LogP contribution in [0.1, 0.15) is 50.0 Å². The summed E-state index contributed by atoms with van der Waals surface area (Å²) in [5.41, 5.74) is 6.06. The molecule has 0 amide bonds. The third kappa shape index (κ3) is 3.78. The lowest BCUT2D eigenvalue weighted by Crippen LogP contribution is -2.30. The highest BCUT2D eigenvalue weighted by atomic mass is 79.9. The molecule has 0 saturated heterocycles. The molecule has 1 aromatic rings. The molecule has 1 aromatic heterocycles. The van der Waals surface area contributed by atoms with Crippen LogP contribution in [0.2, 0.25) is 0 Å². The Bertz CT molecular complexity index is 347. The van der Waals surface area contributed by atoms with Gasteiger partial charge in [-0.2, -0.15) is 0 Å². The maximum absolute atomic E-state index is 6.22. The highest BCUT2D eigenvalue weighted by Gasteiger charge is 2.24. The van der Waals surface area contributed by atoms with Crippen LogP contribution in [-0.4, -0.2) is 12.1 Å². The van der Waals surface area contributed by atoms with E-state index in [1.54, 1.807) is 11.3 Å². The number of hydrogen-bond acceptors (Lipinski definition) is 3. The van der Waals surface area contributed by atoms with E-state index in [-0.39, 0.29) is 12.1 Å². The fourth-order valence-corrected chi connectivity index (χ4v) is 3.93. The second-order valence-electron chi connectivity index (χ2n) is 4.84. The van der Waals surface area contributed by atoms with E-state index in [9.17, 15) is 0 Å². The third-order valence-corrected chi connectivity index (χ3v) is 4.99. The van der Waals surface area contributed by atoms with E-state index in [1.165, 1.54) is 37.0 Å². The average Bonchev–Trinajstić information content (AvgIpc) is 2.73. The summed E-state index contributed by atoms with van der Waals surface area (Å²) in [6, 6.07) is 2.17. The maximum Gasteiger partial charge on any atom is 0.107 e. The van der Waals surface area contributed by atoms with Gasteiger partial charge in [0.05, 0.1) is 6.10 Å². The predicted molar refractivity (Wildman–Crippen MR) is 76.4 cm³/mol. The number of rotatable bonds is 4. The normalized spacial score (nSPS) is 21.4. The first-order valence-corrected chi connectivity index (χ1v) is 7.99. The van der Waals surface area contributed by atoms with Crippen molar-refractivity contribution in [3.63, 3.8) is 0 Å². The number of hydrogen-bond donors (Lipinski definition) is 1. The molecule has 0 spiro atoms. The quantitative estimate of drug-likeness (QED) is 0.901. The fourth-order valence-electron chi connectivity index (χ4n) is 2.34. The van der Waals surface area contributed by atoms with Crippen LogP contribution in [0.3, 0.4) is 0 Å². The molecule has 1 fully saturated rings. The SMILES string of the molecule is CC(N)C(OC1CCCCC1)c1cc(Br)cs1. The van der Waals surface area contributed by atoms with Gasteiger partial charge in [0.1, 0.15) is 6.10 Å². The highest BCUT2D eigenvalue weighted by molar-refractivity contribution is 9.10. The van der Waals surface area contributed by atoms with Gasteiger partial charge in [-0.3, -0.25) is 0 Å². The average molecular weight is 318 g/mol. The summed E-state index contributed by atoms with van der Waals surface area (Å²) in [5.74, 6) is 0. The molecule has 1 heterocycles. The van der Waals surface area contributed by atoms with Crippen LogP contribution >= 0.6 is 27.3 Å². The molecule has 2 rings (SSSR count). The zero-order valence-corrected chi connectivity index (χ0v) is 12.6. The first-order valence-electron chi connectivity index (χ1n) is 6.32. The fraction of sp³-hybridized carbons (Fsp3) is 0.692. The van der Waals surface area contributed by atoms with Crippen molar-refractivity contribution in [3.05, 3.63) is 20.8 Å². The number of nitrogens with two attached hydrogens (primary N) is 1. The van der Waals surface area contributed by atoms with E-state index in [4.69, 9.17) is 10.5 Å². The molecule has 2 atom stereocenters. The zero-order chi connectivity index (χ0) is 12.3. The Hall–Kier alpha value is 0.1000. The van der Waals surface area contributed by atoms with Gasteiger partial charge in [0.15, 0.2) is 0 Å². The van der Waals surface area contributed by atoms with Crippen LogP contribution in [0, 0.1) is 0 Å². The van der Waals surface area contributed by atoms with E-state index in [0.29, 0.717) is 6.10 Å². The van der Waals surface area contributed by atoms with Gasteiger partial charge in [-0.25, -0.2) is 0 Å². The summed E-state index contributed by atoms with van der Waals surface area (Å²) in [6.45, 7) is 2.03. The topological polar surface area (TPSA) is 35.2 Å². The van der Waals surface area contributed by atoms with Crippen molar-refractivity contribution in [2.45, 2.75) is 57.3 Å². The smallest absolute Gasteiger partial charge is 0.107 e. The summed E-state index contributed by atoms with van der Waals surface area (Å²) in [7, 11) is 0. The predicted octanol–water partition coefficient (Wildman–Crippen LogP) is 4.25. The number of halogens is 1. The Balaban J connectivity index is 2.01. The monoisotopic (exact) mass is 317 g/mol. The van der Waals surface area contributed by atoms with Crippen molar-refractivity contribution < 1.29 is 4.74 Å². The maximum atomic E-state index is 6.22. The van der Waals surface area contributed by atoms with Crippen LogP contribution in [0.4, 0.5) is 0 Å². The van der Waals surface area contributed by atoms with Gasteiger partial charge in [0.25, 0.3) is 0 Å². The second-order valence-corrected chi connectivity index (χ2v) is 6.70. The first kappa shape index (κ1) is 13.5. The van der Waals surface area contributed by atoms with Gasteiger partial charge in [-0.05, 0) is 41.8 Å². The van der Waals surface area contributed by atoms with Crippen molar-refractivity contribution in [2.24, 2.45) is 5.73 Å². The Kier molecular flexibility index (Phi) is 5.03. The molecule has 2 nitrogen and oxygen atoms in total. The van der Waals surface area contributed by atoms with Crippen molar-refractivity contribution in [1.82, 2.24) is 0 Å². The molecule has 2 N–H and O–H groups in total. The minimum atomic E-state index is 0.0440. The zero-order valence-electron chi connectivity index (χ0n) is 10.2. The van der Waals surface area contributed by atoms with E-state index in [0.717, 1.165) is 4.47 Å². The summed E-state index contributed by atoms with van der Waals surface area (Å²) in [5, 5.41) is 2.09. The van der Waals surface area contributed by atoms with E-state index in [1.807, 2.05) is 6.92 Å². The van der Waals surface area contributed by atoms with Crippen LogP contribution in [0.5, 0.6) is 0 Å².